The molecule has 0 heterocycles. The lowest BCUT2D eigenvalue weighted by Crippen LogP contribution is -2.13. The molecule has 138 valence electrons. The zero-order chi connectivity index (χ0) is 19.1. The molecule has 0 aliphatic rings. The molecule has 0 aliphatic carbocycles. The molecule has 2 aromatic carbocycles. The van der Waals surface area contributed by atoms with Crippen LogP contribution in [0.15, 0.2) is 36.4 Å². The Balaban J connectivity index is 2.08. The van der Waals surface area contributed by atoms with Crippen LogP contribution in [0.1, 0.15) is 22.3 Å². The Labute approximate surface area is 151 Å². The van der Waals surface area contributed by atoms with E-state index in [2.05, 4.69) is 5.32 Å². The molecule has 0 aromatic heterocycles. The van der Waals surface area contributed by atoms with Gasteiger partial charge >= 0.3 is 5.97 Å². The Morgan fingerprint density at radius 1 is 1.00 bits per heavy atom. The summed E-state index contributed by atoms with van der Waals surface area (Å²) in [5.41, 5.74) is 1.36. The van der Waals surface area contributed by atoms with Crippen LogP contribution in [0, 0.1) is 0 Å². The Kier molecular flexibility index (Phi) is 6.43. The van der Waals surface area contributed by atoms with Gasteiger partial charge in [-0.1, -0.05) is 12.1 Å². The summed E-state index contributed by atoms with van der Waals surface area (Å²) in [5, 5.41) is 11.7. The quantitative estimate of drug-likeness (QED) is 0.752. The SMILES string of the molecule is COc1ccc(CCC(=O)Nc2cccc(C(=O)O)c2)c(OC)c1OC. The second kappa shape index (κ2) is 8.75. The Hall–Kier alpha value is -3.22. The van der Waals surface area contributed by atoms with Gasteiger partial charge in [-0.15, -0.1) is 0 Å². The molecule has 1 amide bonds. The predicted molar refractivity (Wildman–Crippen MR) is 96.5 cm³/mol. The number of hydrogen-bond donors (Lipinski definition) is 2. The molecule has 0 atom stereocenters. The first-order chi connectivity index (χ1) is 12.5. The van der Waals surface area contributed by atoms with E-state index in [1.807, 2.05) is 6.07 Å². The van der Waals surface area contributed by atoms with Gasteiger partial charge < -0.3 is 24.6 Å². The van der Waals surface area contributed by atoms with Gasteiger partial charge in [-0.2, -0.15) is 0 Å². The molecule has 2 N–H and O–H groups in total. The number of anilines is 1. The van der Waals surface area contributed by atoms with Gasteiger partial charge in [-0.25, -0.2) is 4.79 Å². The van der Waals surface area contributed by atoms with Crippen LogP contribution in [0.5, 0.6) is 17.2 Å². The fourth-order valence-corrected chi connectivity index (χ4v) is 2.56. The van der Waals surface area contributed by atoms with Gasteiger partial charge in [0.05, 0.1) is 26.9 Å². The van der Waals surface area contributed by atoms with Crippen molar-refractivity contribution in [1.29, 1.82) is 0 Å². The molecule has 0 aliphatic heterocycles. The number of rotatable bonds is 8. The molecule has 0 unspecified atom stereocenters. The van der Waals surface area contributed by atoms with E-state index >= 15 is 0 Å². The van der Waals surface area contributed by atoms with Crippen molar-refractivity contribution in [2.45, 2.75) is 12.8 Å². The first kappa shape index (κ1) is 19.1. The standard InChI is InChI=1S/C19H21NO6/c1-24-15-9-7-12(17(25-2)18(15)26-3)8-10-16(21)20-14-6-4-5-13(11-14)19(22)23/h4-7,9,11H,8,10H2,1-3H3,(H,20,21)(H,22,23). The summed E-state index contributed by atoms with van der Waals surface area (Å²) in [6.07, 6.45) is 0.622. The lowest BCUT2D eigenvalue weighted by molar-refractivity contribution is -0.116. The second-order valence-electron chi connectivity index (χ2n) is 5.43. The number of hydrogen-bond acceptors (Lipinski definition) is 5. The molecular formula is C19H21NO6. The van der Waals surface area contributed by atoms with Crippen LogP contribution in [-0.2, 0) is 11.2 Å². The van der Waals surface area contributed by atoms with Gasteiger partial charge in [0, 0.05) is 12.1 Å². The van der Waals surface area contributed by atoms with Crippen molar-refractivity contribution in [1.82, 2.24) is 0 Å². The second-order valence-corrected chi connectivity index (χ2v) is 5.43. The molecule has 0 radical (unpaired) electrons. The number of amides is 1. The number of aromatic carboxylic acids is 1. The number of aryl methyl sites for hydroxylation is 1. The monoisotopic (exact) mass is 359 g/mol. The Morgan fingerprint density at radius 3 is 2.35 bits per heavy atom. The highest BCUT2D eigenvalue weighted by atomic mass is 16.5. The number of carbonyl (C=O) groups is 2. The van der Waals surface area contributed by atoms with Gasteiger partial charge in [0.1, 0.15) is 0 Å². The summed E-state index contributed by atoms with van der Waals surface area (Å²) in [7, 11) is 4.58. The molecule has 0 saturated heterocycles. The van der Waals surface area contributed by atoms with Crippen LogP contribution in [0.2, 0.25) is 0 Å². The van der Waals surface area contributed by atoms with Crippen molar-refractivity contribution in [3.63, 3.8) is 0 Å². The number of benzene rings is 2. The number of carbonyl (C=O) groups excluding carboxylic acids is 1. The van der Waals surface area contributed by atoms with Crippen molar-refractivity contribution >= 4 is 17.6 Å². The average Bonchev–Trinajstić information content (AvgIpc) is 2.65. The lowest BCUT2D eigenvalue weighted by Gasteiger charge is -2.15. The number of methoxy groups -OCH3 is 3. The smallest absolute Gasteiger partial charge is 0.335 e. The highest BCUT2D eigenvalue weighted by Crippen LogP contribution is 2.40. The highest BCUT2D eigenvalue weighted by Gasteiger charge is 2.16. The third-order valence-corrected chi connectivity index (χ3v) is 3.80. The van der Waals surface area contributed by atoms with Crippen LogP contribution in [0.3, 0.4) is 0 Å². The third kappa shape index (κ3) is 4.44. The van der Waals surface area contributed by atoms with E-state index in [-0.39, 0.29) is 17.9 Å². The van der Waals surface area contributed by atoms with Crippen LogP contribution < -0.4 is 19.5 Å². The van der Waals surface area contributed by atoms with Gasteiger partial charge in [-0.05, 0) is 36.2 Å². The minimum atomic E-state index is -1.05. The van der Waals surface area contributed by atoms with Crippen molar-refractivity contribution in [3.8, 4) is 17.2 Å². The van der Waals surface area contributed by atoms with E-state index in [4.69, 9.17) is 19.3 Å². The van der Waals surface area contributed by atoms with Crippen LogP contribution in [-0.4, -0.2) is 38.3 Å². The van der Waals surface area contributed by atoms with E-state index in [9.17, 15) is 9.59 Å². The maximum Gasteiger partial charge on any atom is 0.335 e. The summed E-state index contributed by atoms with van der Waals surface area (Å²) in [6.45, 7) is 0. The highest BCUT2D eigenvalue weighted by molar-refractivity contribution is 5.94. The van der Waals surface area contributed by atoms with E-state index in [0.29, 0.717) is 29.4 Å². The van der Waals surface area contributed by atoms with Gasteiger partial charge in [-0.3, -0.25) is 4.79 Å². The van der Waals surface area contributed by atoms with Crippen molar-refractivity contribution in [2.24, 2.45) is 0 Å². The molecule has 0 saturated carbocycles. The molecule has 26 heavy (non-hydrogen) atoms. The molecule has 0 bridgehead atoms. The van der Waals surface area contributed by atoms with Crippen LogP contribution >= 0.6 is 0 Å². The number of carboxylic acid groups (broad SMARTS) is 1. The van der Waals surface area contributed by atoms with Gasteiger partial charge in [0.15, 0.2) is 11.5 Å². The Bertz CT molecular complexity index is 803. The number of nitrogens with one attached hydrogen (secondary N) is 1. The topological polar surface area (TPSA) is 94.1 Å². The molecule has 7 heteroatoms. The summed E-state index contributed by atoms with van der Waals surface area (Å²) in [4.78, 5) is 23.2. The minimum Gasteiger partial charge on any atom is -0.493 e. The molecule has 0 fully saturated rings. The maximum atomic E-state index is 12.2. The summed E-state index contributed by atoms with van der Waals surface area (Å²) >= 11 is 0. The zero-order valence-corrected chi connectivity index (χ0v) is 14.9. The first-order valence-electron chi connectivity index (χ1n) is 7.91. The van der Waals surface area contributed by atoms with E-state index in [0.717, 1.165) is 5.56 Å². The lowest BCUT2D eigenvalue weighted by atomic mass is 10.1. The molecule has 7 nitrogen and oxygen atoms in total. The van der Waals surface area contributed by atoms with Crippen LogP contribution in [0.4, 0.5) is 5.69 Å². The van der Waals surface area contributed by atoms with E-state index in [1.165, 1.54) is 33.5 Å². The van der Waals surface area contributed by atoms with E-state index in [1.54, 1.807) is 18.2 Å². The van der Waals surface area contributed by atoms with E-state index < -0.39 is 5.97 Å². The van der Waals surface area contributed by atoms with Crippen molar-refractivity contribution < 1.29 is 28.9 Å². The van der Waals surface area contributed by atoms with Gasteiger partial charge in [0.25, 0.3) is 0 Å². The minimum absolute atomic E-state index is 0.115. The fourth-order valence-electron chi connectivity index (χ4n) is 2.56. The third-order valence-electron chi connectivity index (χ3n) is 3.80. The average molecular weight is 359 g/mol. The van der Waals surface area contributed by atoms with Crippen molar-refractivity contribution in [2.75, 3.05) is 26.6 Å². The maximum absolute atomic E-state index is 12.2. The molecule has 2 rings (SSSR count). The number of ether oxygens (including phenoxy) is 3. The summed E-state index contributed by atoms with van der Waals surface area (Å²) < 4.78 is 16.0. The summed E-state index contributed by atoms with van der Waals surface area (Å²) in [5.74, 6) is 0.262. The van der Waals surface area contributed by atoms with Gasteiger partial charge in [0.2, 0.25) is 11.7 Å². The fraction of sp³-hybridized carbons (Fsp3) is 0.263. The number of carboxylic acids is 1. The molecule has 0 spiro atoms. The normalized spacial score (nSPS) is 10.1. The predicted octanol–water partition coefficient (Wildman–Crippen LogP) is 2.98. The largest absolute Gasteiger partial charge is 0.493 e. The molecular weight excluding hydrogens is 338 g/mol. The van der Waals surface area contributed by atoms with Crippen molar-refractivity contribution in [3.05, 3.63) is 47.5 Å². The molecule has 2 aromatic rings. The first-order valence-corrected chi connectivity index (χ1v) is 7.91. The zero-order valence-electron chi connectivity index (χ0n) is 14.9. The Morgan fingerprint density at radius 2 is 1.73 bits per heavy atom. The summed E-state index contributed by atoms with van der Waals surface area (Å²) in [6, 6.07) is 9.67. The van der Waals surface area contributed by atoms with Crippen LogP contribution in [0.25, 0.3) is 0 Å².